The minimum Gasteiger partial charge on any atom is -0.379 e. The van der Waals surface area contributed by atoms with Crippen molar-refractivity contribution in [2.45, 2.75) is 19.6 Å². The van der Waals surface area contributed by atoms with Crippen LogP contribution in [0.1, 0.15) is 24.5 Å². The molecule has 0 amide bonds. The Hall–Kier alpha value is -1.95. The van der Waals surface area contributed by atoms with Gasteiger partial charge in [-0.15, -0.1) is 0 Å². The van der Waals surface area contributed by atoms with Crippen LogP contribution in [0, 0.1) is 0 Å². The fourth-order valence-electron chi connectivity index (χ4n) is 1.48. The molecule has 6 heteroatoms. The Labute approximate surface area is 91.6 Å². The summed E-state index contributed by atoms with van der Waals surface area (Å²) in [6.07, 6.45) is 2.48. The number of aliphatic hydroxyl groups is 1. The molecule has 0 bridgehead atoms. The average Bonchev–Trinajstić information content (AvgIpc) is 2.77. The molecule has 0 aromatic carbocycles. The predicted molar refractivity (Wildman–Crippen MR) is 56.8 cm³/mol. The van der Waals surface area contributed by atoms with E-state index in [9.17, 15) is 9.90 Å². The van der Waals surface area contributed by atoms with Crippen molar-refractivity contribution in [2.24, 2.45) is 0 Å². The topological polar surface area (TPSA) is 83.8 Å². The van der Waals surface area contributed by atoms with Crippen LogP contribution in [0.25, 0.3) is 0 Å². The summed E-state index contributed by atoms with van der Waals surface area (Å²) in [6.45, 7) is 2.67. The molecule has 0 saturated heterocycles. The lowest BCUT2D eigenvalue weighted by Crippen LogP contribution is -2.14. The number of nitrogens with zero attached hydrogens (tertiary/aromatic N) is 3. The zero-order valence-corrected chi connectivity index (χ0v) is 8.79. The first-order chi connectivity index (χ1) is 7.72. The molecule has 6 nitrogen and oxygen atoms in total. The molecule has 0 fully saturated rings. The van der Waals surface area contributed by atoms with Crippen molar-refractivity contribution in [3.05, 3.63) is 46.4 Å². The third-order valence-electron chi connectivity index (χ3n) is 2.31. The van der Waals surface area contributed by atoms with Crippen LogP contribution >= 0.6 is 0 Å². The fraction of sp³-hybridized carbons (Fsp3) is 0.300. The zero-order chi connectivity index (χ0) is 11.5. The highest BCUT2D eigenvalue weighted by atomic mass is 16.3. The van der Waals surface area contributed by atoms with Gasteiger partial charge in [-0.05, 0) is 13.0 Å². The van der Waals surface area contributed by atoms with Crippen molar-refractivity contribution in [3.8, 4) is 0 Å². The second-order valence-corrected chi connectivity index (χ2v) is 3.32. The summed E-state index contributed by atoms with van der Waals surface area (Å²) < 4.78 is 1.82. The molecule has 2 aromatic heterocycles. The molecule has 2 heterocycles. The number of aryl methyl sites for hydroxylation is 1. The van der Waals surface area contributed by atoms with E-state index in [1.54, 1.807) is 12.4 Å². The number of aromatic nitrogens is 4. The van der Waals surface area contributed by atoms with Crippen molar-refractivity contribution < 1.29 is 5.11 Å². The van der Waals surface area contributed by atoms with Crippen LogP contribution in [-0.4, -0.2) is 24.9 Å². The molecule has 0 spiro atoms. The van der Waals surface area contributed by atoms with Gasteiger partial charge in [0.25, 0.3) is 5.56 Å². The van der Waals surface area contributed by atoms with E-state index in [4.69, 9.17) is 0 Å². The van der Waals surface area contributed by atoms with Gasteiger partial charge in [0.1, 0.15) is 5.82 Å². The van der Waals surface area contributed by atoms with Gasteiger partial charge in [0.15, 0.2) is 6.10 Å². The number of aromatic amines is 1. The molecule has 0 aliphatic carbocycles. The lowest BCUT2D eigenvalue weighted by atomic mass is 10.2. The van der Waals surface area contributed by atoms with E-state index in [1.807, 2.05) is 11.5 Å². The minimum atomic E-state index is -0.924. The van der Waals surface area contributed by atoms with Gasteiger partial charge in [0.2, 0.25) is 0 Å². The van der Waals surface area contributed by atoms with E-state index in [0.29, 0.717) is 11.5 Å². The Morgan fingerprint density at radius 3 is 3.00 bits per heavy atom. The first kappa shape index (κ1) is 10.6. The summed E-state index contributed by atoms with van der Waals surface area (Å²) >= 11 is 0. The fourth-order valence-corrected chi connectivity index (χ4v) is 1.48. The Morgan fingerprint density at radius 2 is 2.38 bits per heavy atom. The molecule has 0 aliphatic heterocycles. The standard InChI is InChI=1S/C10H12N4O2/c1-2-14-6-5-11-10(14)9(16)7-3-4-8(15)13-12-7/h3-6,9,16H,2H2,1H3,(H,13,15). The van der Waals surface area contributed by atoms with Crippen LogP contribution in [0.4, 0.5) is 0 Å². The third-order valence-corrected chi connectivity index (χ3v) is 2.31. The number of hydrogen-bond acceptors (Lipinski definition) is 4. The highest BCUT2D eigenvalue weighted by Crippen LogP contribution is 2.16. The molecule has 2 aromatic rings. The Balaban J connectivity index is 2.35. The van der Waals surface area contributed by atoms with E-state index >= 15 is 0 Å². The van der Waals surface area contributed by atoms with E-state index < -0.39 is 6.10 Å². The Bertz CT molecular complexity index is 511. The monoisotopic (exact) mass is 220 g/mol. The first-order valence-electron chi connectivity index (χ1n) is 4.97. The molecule has 1 unspecified atom stereocenters. The number of nitrogens with one attached hydrogen (secondary N) is 1. The lowest BCUT2D eigenvalue weighted by Gasteiger charge is -2.10. The van der Waals surface area contributed by atoms with Crippen molar-refractivity contribution >= 4 is 0 Å². The Morgan fingerprint density at radius 1 is 1.56 bits per heavy atom. The van der Waals surface area contributed by atoms with Gasteiger partial charge in [-0.3, -0.25) is 4.79 Å². The highest BCUT2D eigenvalue weighted by Gasteiger charge is 2.16. The molecular formula is C10H12N4O2. The minimum absolute atomic E-state index is 0.296. The first-order valence-corrected chi connectivity index (χ1v) is 4.97. The van der Waals surface area contributed by atoms with Crippen LogP contribution in [0.3, 0.4) is 0 Å². The highest BCUT2D eigenvalue weighted by molar-refractivity contribution is 5.13. The number of H-pyrrole nitrogens is 1. The molecule has 2 N–H and O–H groups in total. The maximum absolute atomic E-state index is 10.8. The van der Waals surface area contributed by atoms with Gasteiger partial charge in [-0.1, -0.05) is 0 Å². The molecule has 1 atom stereocenters. The SMILES string of the molecule is CCn1ccnc1C(O)c1ccc(=O)[nH]n1. The van der Waals surface area contributed by atoms with E-state index in [1.165, 1.54) is 12.1 Å². The van der Waals surface area contributed by atoms with E-state index in [0.717, 1.165) is 6.54 Å². The maximum Gasteiger partial charge on any atom is 0.264 e. The van der Waals surface area contributed by atoms with Gasteiger partial charge in [0.05, 0.1) is 5.69 Å². The number of aliphatic hydroxyl groups excluding tert-OH is 1. The number of rotatable bonds is 3. The largest absolute Gasteiger partial charge is 0.379 e. The summed E-state index contributed by atoms with van der Waals surface area (Å²) in [4.78, 5) is 14.9. The summed E-state index contributed by atoms with van der Waals surface area (Å²) in [5, 5.41) is 16.1. The summed E-state index contributed by atoms with van der Waals surface area (Å²) in [7, 11) is 0. The quantitative estimate of drug-likeness (QED) is 0.766. The van der Waals surface area contributed by atoms with Crippen LogP contribution < -0.4 is 5.56 Å². The van der Waals surface area contributed by atoms with Gasteiger partial charge >= 0.3 is 0 Å². The molecule has 2 rings (SSSR count). The predicted octanol–water partition coefficient (Wildman–Crippen LogP) is 0.0680. The maximum atomic E-state index is 10.8. The smallest absolute Gasteiger partial charge is 0.264 e. The Kier molecular flexibility index (Phi) is 2.82. The van der Waals surface area contributed by atoms with E-state index in [2.05, 4.69) is 15.2 Å². The van der Waals surface area contributed by atoms with Crippen LogP contribution in [-0.2, 0) is 6.54 Å². The normalized spacial score (nSPS) is 12.6. The molecular weight excluding hydrogens is 208 g/mol. The average molecular weight is 220 g/mol. The second-order valence-electron chi connectivity index (χ2n) is 3.32. The number of hydrogen-bond donors (Lipinski definition) is 2. The van der Waals surface area contributed by atoms with Crippen molar-refractivity contribution in [1.29, 1.82) is 0 Å². The molecule has 16 heavy (non-hydrogen) atoms. The van der Waals surface area contributed by atoms with Crippen molar-refractivity contribution in [1.82, 2.24) is 19.7 Å². The van der Waals surface area contributed by atoms with Crippen LogP contribution in [0.5, 0.6) is 0 Å². The van der Waals surface area contributed by atoms with Crippen LogP contribution in [0.15, 0.2) is 29.3 Å². The van der Waals surface area contributed by atoms with Crippen molar-refractivity contribution in [2.75, 3.05) is 0 Å². The number of imidazole rings is 1. The van der Waals surface area contributed by atoms with Crippen LogP contribution in [0.2, 0.25) is 0 Å². The molecule has 0 saturated carbocycles. The summed E-state index contributed by atoms with van der Waals surface area (Å²) in [5.74, 6) is 0.516. The second kappa shape index (κ2) is 4.28. The molecule has 0 aliphatic rings. The lowest BCUT2D eigenvalue weighted by molar-refractivity contribution is 0.198. The van der Waals surface area contributed by atoms with Crippen molar-refractivity contribution in [3.63, 3.8) is 0 Å². The summed E-state index contributed by atoms with van der Waals surface area (Å²) in [6, 6.07) is 2.81. The van der Waals surface area contributed by atoms with Gasteiger partial charge in [-0.25, -0.2) is 10.1 Å². The van der Waals surface area contributed by atoms with Gasteiger partial charge in [-0.2, -0.15) is 5.10 Å². The summed E-state index contributed by atoms with van der Waals surface area (Å²) in [5.41, 5.74) is 0.0790. The zero-order valence-electron chi connectivity index (χ0n) is 8.79. The van der Waals surface area contributed by atoms with Gasteiger partial charge < -0.3 is 9.67 Å². The molecule has 84 valence electrons. The van der Waals surface area contributed by atoms with E-state index in [-0.39, 0.29) is 5.56 Å². The molecule has 0 radical (unpaired) electrons. The third kappa shape index (κ3) is 1.87. The van der Waals surface area contributed by atoms with Gasteiger partial charge in [0, 0.05) is 25.0 Å².